The maximum Gasteiger partial charge on any atom is 0.331 e. The van der Waals surface area contributed by atoms with Gasteiger partial charge in [-0.1, -0.05) is 6.07 Å². The Labute approximate surface area is 162 Å². The lowest BCUT2D eigenvalue weighted by atomic mass is 10.1. The second-order valence-corrected chi connectivity index (χ2v) is 5.97. The average molecular weight is 387 g/mol. The summed E-state index contributed by atoms with van der Waals surface area (Å²) < 4.78 is 29.0. The maximum absolute atomic E-state index is 13.6. The van der Waals surface area contributed by atoms with Crippen LogP contribution in [-0.4, -0.2) is 32.2 Å². The maximum atomic E-state index is 13.6. The third-order valence-corrected chi connectivity index (χ3v) is 3.94. The van der Waals surface area contributed by atoms with E-state index in [0.29, 0.717) is 22.6 Å². The van der Waals surface area contributed by atoms with Gasteiger partial charge < -0.3 is 19.5 Å². The summed E-state index contributed by atoms with van der Waals surface area (Å²) >= 11 is 0. The van der Waals surface area contributed by atoms with E-state index in [1.165, 1.54) is 39.4 Å². The number of amides is 1. The van der Waals surface area contributed by atoms with Gasteiger partial charge in [0.1, 0.15) is 17.3 Å². The highest BCUT2D eigenvalue weighted by molar-refractivity contribution is 5.96. The Morgan fingerprint density at radius 2 is 1.86 bits per heavy atom. The van der Waals surface area contributed by atoms with Crippen LogP contribution in [-0.2, 0) is 14.3 Å². The number of rotatable bonds is 7. The zero-order valence-electron chi connectivity index (χ0n) is 16.1. The molecule has 1 N–H and O–H groups in total. The van der Waals surface area contributed by atoms with Gasteiger partial charge in [-0.2, -0.15) is 0 Å². The fourth-order valence-corrected chi connectivity index (χ4v) is 2.31. The number of methoxy groups -OCH3 is 2. The van der Waals surface area contributed by atoms with Crippen LogP contribution >= 0.6 is 0 Å². The molecule has 0 saturated heterocycles. The predicted octanol–water partition coefficient (Wildman–Crippen LogP) is 3.73. The van der Waals surface area contributed by atoms with Crippen molar-refractivity contribution >= 4 is 23.6 Å². The standard InChI is InChI=1S/C21H22FNO5/c1-13-5-7-16(12-18(13)22)23-21(25)14(2)28-20(24)10-6-15-11-17(26-3)8-9-19(15)27-4/h5-12,14H,1-4H3,(H,23,25)/b10-6+. The van der Waals surface area contributed by atoms with Crippen molar-refractivity contribution in [2.24, 2.45) is 0 Å². The Balaban J connectivity index is 1.99. The van der Waals surface area contributed by atoms with Crippen LogP contribution in [0.15, 0.2) is 42.5 Å². The fraction of sp³-hybridized carbons (Fsp3) is 0.238. The van der Waals surface area contributed by atoms with Crippen LogP contribution in [0.25, 0.3) is 6.08 Å². The summed E-state index contributed by atoms with van der Waals surface area (Å²) in [5.74, 6) is -0.548. The molecule has 148 valence electrons. The molecule has 0 radical (unpaired) electrons. The molecule has 2 aromatic carbocycles. The van der Waals surface area contributed by atoms with Gasteiger partial charge >= 0.3 is 5.97 Å². The van der Waals surface area contributed by atoms with Crippen molar-refractivity contribution in [1.29, 1.82) is 0 Å². The lowest BCUT2D eigenvalue weighted by Gasteiger charge is -2.13. The number of ether oxygens (including phenoxy) is 3. The van der Waals surface area contributed by atoms with Crippen molar-refractivity contribution in [3.05, 3.63) is 59.4 Å². The van der Waals surface area contributed by atoms with E-state index in [2.05, 4.69) is 5.32 Å². The molecular weight excluding hydrogens is 365 g/mol. The third-order valence-electron chi connectivity index (χ3n) is 3.94. The molecule has 0 saturated carbocycles. The van der Waals surface area contributed by atoms with Crippen molar-refractivity contribution in [2.45, 2.75) is 20.0 Å². The number of halogens is 1. The third kappa shape index (κ3) is 5.57. The SMILES string of the molecule is COc1ccc(OC)c(/C=C/C(=O)OC(C)C(=O)Nc2ccc(C)c(F)c2)c1. The zero-order valence-corrected chi connectivity index (χ0v) is 16.1. The van der Waals surface area contributed by atoms with Gasteiger partial charge in [-0.25, -0.2) is 9.18 Å². The lowest BCUT2D eigenvalue weighted by molar-refractivity contribution is -0.148. The number of esters is 1. The van der Waals surface area contributed by atoms with Crippen molar-refractivity contribution in [1.82, 2.24) is 0 Å². The van der Waals surface area contributed by atoms with E-state index in [4.69, 9.17) is 14.2 Å². The van der Waals surface area contributed by atoms with Crippen LogP contribution in [0.1, 0.15) is 18.1 Å². The van der Waals surface area contributed by atoms with Crippen molar-refractivity contribution in [3.63, 3.8) is 0 Å². The molecule has 1 amide bonds. The first-order valence-corrected chi connectivity index (χ1v) is 8.51. The number of hydrogen-bond donors (Lipinski definition) is 1. The van der Waals surface area contributed by atoms with Crippen molar-refractivity contribution in [3.8, 4) is 11.5 Å². The molecule has 0 aromatic heterocycles. The molecule has 1 unspecified atom stereocenters. The highest BCUT2D eigenvalue weighted by Crippen LogP contribution is 2.25. The van der Waals surface area contributed by atoms with E-state index in [9.17, 15) is 14.0 Å². The van der Waals surface area contributed by atoms with Crippen molar-refractivity contribution in [2.75, 3.05) is 19.5 Å². The summed E-state index contributed by atoms with van der Waals surface area (Å²) in [5, 5.41) is 2.51. The quantitative estimate of drug-likeness (QED) is 0.579. The normalized spacial score (nSPS) is 11.8. The molecule has 0 aliphatic rings. The molecule has 1 atom stereocenters. The molecule has 6 nitrogen and oxygen atoms in total. The van der Waals surface area contributed by atoms with Gasteiger partial charge in [0.15, 0.2) is 6.10 Å². The number of anilines is 1. The Morgan fingerprint density at radius 1 is 1.11 bits per heavy atom. The van der Waals surface area contributed by atoms with Crippen LogP contribution in [0, 0.1) is 12.7 Å². The number of benzene rings is 2. The molecule has 2 aromatic rings. The molecule has 7 heteroatoms. The van der Waals surface area contributed by atoms with Gasteiger partial charge in [-0.15, -0.1) is 0 Å². The Bertz CT molecular complexity index is 894. The van der Waals surface area contributed by atoms with Crippen molar-refractivity contribution < 1.29 is 28.2 Å². The topological polar surface area (TPSA) is 73.9 Å². The molecule has 0 spiro atoms. The fourth-order valence-electron chi connectivity index (χ4n) is 2.31. The van der Waals surface area contributed by atoms with E-state index in [-0.39, 0.29) is 5.69 Å². The van der Waals surface area contributed by atoms with Gasteiger partial charge in [0.2, 0.25) is 0 Å². The second kappa shape index (κ2) is 9.55. The number of carbonyl (C=O) groups excluding carboxylic acids is 2. The summed E-state index contributed by atoms with van der Waals surface area (Å²) in [6, 6.07) is 9.46. The smallest absolute Gasteiger partial charge is 0.331 e. The molecule has 2 rings (SSSR count). The van der Waals surface area contributed by atoms with Crippen LogP contribution in [0.4, 0.5) is 10.1 Å². The van der Waals surface area contributed by atoms with Gasteiger partial charge in [-0.05, 0) is 55.8 Å². The Kier molecular flexibility index (Phi) is 7.14. The van der Waals surface area contributed by atoms with E-state index < -0.39 is 23.8 Å². The minimum atomic E-state index is -1.06. The molecule has 28 heavy (non-hydrogen) atoms. The summed E-state index contributed by atoms with van der Waals surface area (Å²) in [7, 11) is 3.04. The van der Waals surface area contributed by atoms with E-state index in [1.807, 2.05) is 0 Å². The molecule has 0 heterocycles. The van der Waals surface area contributed by atoms with E-state index in [1.54, 1.807) is 37.3 Å². The van der Waals surface area contributed by atoms with Gasteiger partial charge in [-0.3, -0.25) is 4.79 Å². The summed E-state index contributed by atoms with van der Waals surface area (Å²) in [6.07, 6.45) is 1.63. The molecular formula is C21H22FNO5. The number of carbonyl (C=O) groups is 2. The summed E-state index contributed by atoms with van der Waals surface area (Å²) in [4.78, 5) is 24.1. The average Bonchev–Trinajstić information content (AvgIpc) is 2.68. The van der Waals surface area contributed by atoms with E-state index >= 15 is 0 Å². The van der Waals surface area contributed by atoms with Crippen LogP contribution in [0.2, 0.25) is 0 Å². The zero-order chi connectivity index (χ0) is 20.7. The number of nitrogens with one attached hydrogen (secondary N) is 1. The first kappa shape index (κ1) is 21.0. The minimum Gasteiger partial charge on any atom is -0.497 e. The van der Waals surface area contributed by atoms with Crippen LogP contribution < -0.4 is 14.8 Å². The largest absolute Gasteiger partial charge is 0.497 e. The molecule has 0 aliphatic heterocycles. The molecule has 0 bridgehead atoms. The Hall–Kier alpha value is -3.35. The molecule has 0 aliphatic carbocycles. The highest BCUT2D eigenvalue weighted by atomic mass is 19.1. The lowest BCUT2D eigenvalue weighted by Crippen LogP contribution is -2.29. The van der Waals surface area contributed by atoms with Gasteiger partial charge in [0.05, 0.1) is 14.2 Å². The summed E-state index contributed by atoms with van der Waals surface area (Å²) in [6.45, 7) is 3.05. The summed E-state index contributed by atoms with van der Waals surface area (Å²) in [5.41, 5.74) is 1.37. The Morgan fingerprint density at radius 3 is 2.50 bits per heavy atom. The molecule has 0 fully saturated rings. The highest BCUT2D eigenvalue weighted by Gasteiger charge is 2.17. The first-order valence-electron chi connectivity index (χ1n) is 8.51. The number of aryl methyl sites for hydroxylation is 1. The minimum absolute atomic E-state index is 0.285. The van der Waals surface area contributed by atoms with E-state index in [0.717, 1.165) is 0 Å². The first-order chi connectivity index (χ1) is 13.3. The van der Waals surface area contributed by atoms with Gasteiger partial charge in [0.25, 0.3) is 5.91 Å². The van der Waals surface area contributed by atoms with Gasteiger partial charge in [0, 0.05) is 17.3 Å². The van der Waals surface area contributed by atoms with Crippen LogP contribution in [0.5, 0.6) is 11.5 Å². The monoisotopic (exact) mass is 387 g/mol. The van der Waals surface area contributed by atoms with Crippen LogP contribution in [0.3, 0.4) is 0 Å². The number of hydrogen-bond acceptors (Lipinski definition) is 5. The second-order valence-electron chi connectivity index (χ2n) is 5.97. The predicted molar refractivity (Wildman–Crippen MR) is 104 cm³/mol.